The van der Waals surface area contributed by atoms with Gasteiger partial charge in [-0.1, -0.05) is 0 Å². The van der Waals surface area contributed by atoms with E-state index in [0.717, 1.165) is 4.57 Å². The van der Waals surface area contributed by atoms with Gasteiger partial charge in [-0.15, -0.1) is 11.3 Å². The Morgan fingerprint density at radius 1 is 1.14 bits per heavy atom. The van der Waals surface area contributed by atoms with Crippen molar-refractivity contribution in [2.45, 2.75) is 13.2 Å². The van der Waals surface area contributed by atoms with Crippen LogP contribution in [0.2, 0.25) is 5.28 Å². The van der Waals surface area contributed by atoms with Crippen molar-refractivity contribution >= 4 is 34.1 Å². The van der Waals surface area contributed by atoms with E-state index >= 15 is 0 Å². The van der Waals surface area contributed by atoms with Crippen LogP contribution in [-0.2, 0) is 27.2 Å². The van der Waals surface area contributed by atoms with E-state index in [1.807, 2.05) is 5.38 Å². The Morgan fingerprint density at radius 3 is 2.59 bits per heavy atom. The van der Waals surface area contributed by atoms with Crippen LogP contribution in [-0.4, -0.2) is 23.7 Å². The van der Waals surface area contributed by atoms with Crippen molar-refractivity contribution in [2.24, 2.45) is 14.1 Å². The van der Waals surface area contributed by atoms with Gasteiger partial charge < -0.3 is 9.30 Å². The van der Waals surface area contributed by atoms with Crippen LogP contribution in [0.5, 0.6) is 5.75 Å². The number of aromatic nitrogens is 5. The van der Waals surface area contributed by atoms with Crippen molar-refractivity contribution in [2.75, 3.05) is 0 Å². The van der Waals surface area contributed by atoms with Crippen LogP contribution in [0.4, 0.5) is 4.39 Å². The summed E-state index contributed by atoms with van der Waals surface area (Å²) in [5.74, 6) is 0.207. The van der Waals surface area contributed by atoms with E-state index in [-0.39, 0.29) is 35.4 Å². The molecule has 1 aromatic carbocycles. The van der Waals surface area contributed by atoms with Gasteiger partial charge in [0.25, 0.3) is 5.56 Å². The summed E-state index contributed by atoms with van der Waals surface area (Å²) in [6.07, 6.45) is 0. The molecule has 0 spiro atoms. The van der Waals surface area contributed by atoms with Gasteiger partial charge in [-0.2, -0.15) is 4.98 Å². The highest BCUT2D eigenvalue weighted by Gasteiger charge is 2.19. The number of hydrogen-bond donors (Lipinski definition) is 0. The maximum Gasteiger partial charge on any atom is 0.332 e. The summed E-state index contributed by atoms with van der Waals surface area (Å²) < 4.78 is 22.4. The van der Waals surface area contributed by atoms with Crippen LogP contribution >= 0.6 is 22.9 Å². The van der Waals surface area contributed by atoms with Crippen molar-refractivity contribution in [3.05, 3.63) is 72.3 Å². The summed E-state index contributed by atoms with van der Waals surface area (Å²) >= 11 is 7.63. The second-order valence-electron chi connectivity index (χ2n) is 6.32. The average molecular weight is 436 g/mol. The van der Waals surface area contributed by atoms with E-state index in [9.17, 15) is 14.0 Å². The molecular formula is C18H15ClFN5O3S. The molecule has 0 atom stereocenters. The van der Waals surface area contributed by atoms with E-state index in [2.05, 4.69) is 9.97 Å². The maximum absolute atomic E-state index is 13.0. The number of benzene rings is 1. The Hall–Kier alpha value is -2.98. The standard InChI is InChI=1S/C18H15ClFN5O3S/c1-23-15-14(16(26)24(2)18(23)27)25(17(19)22-15)7-11-9-29-13(21-11)8-28-12-5-3-10(20)4-6-12/h3-6,9H,7-8H2,1-2H3. The number of halogens is 2. The largest absolute Gasteiger partial charge is 0.486 e. The fourth-order valence-corrected chi connectivity index (χ4v) is 3.81. The fraction of sp³-hybridized carbons (Fsp3) is 0.222. The van der Waals surface area contributed by atoms with Gasteiger partial charge in [0.2, 0.25) is 5.28 Å². The third-order valence-corrected chi connectivity index (χ3v) is 5.56. The predicted octanol–water partition coefficient (Wildman–Crippen LogP) is 2.31. The minimum Gasteiger partial charge on any atom is -0.486 e. The fourth-order valence-electron chi connectivity index (χ4n) is 2.89. The van der Waals surface area contributed by atoms with Crippen LogP contribution in [0.15, 0.2) is 39.2 Å². The highest BCUT2D eigenvalue weighted by atomic mass is 35.5. The SMILES string of the molecule is Cn1c(=O)c2c(nc(Cl)n2Cc2csc(COc3ccc(F)cc3)n2)n(C)c1=O. The van der Waals surface area contributed by atoms with Crippen LogP contribution < -0.4 is 16.0 Å². The first-order chi connectivity index (χ1) is 13.8. The summed E-state index contributed by atoms with van der Waals surface area (Å²) in [6, 6.07) is 5.73. The van der Waals surface area contributed by atoms with Crippen molar-refractivity contribution in [3.63, 3.8) is 0 Å². The molecule has 0 saturated heterocycles. The Balaban J connectivity index is 1.60. The summed E-state index contributed by atoms with van der Waals surface area (Å²) in [4.78, 5) is 33.3. The predicted molar refractivity (Wildman–Crippen MR) is 107 cm³/mol. The number of ether oxygens (including phenoxy) is 1. The molecule has 3 aromatic heterocycles. The van der Waals surface area contributed by atoms with Gasteiger partial charge in [0.15, 0.2) is 11.2 Å². The van der Waals surface area contributed by atoms with Crippen LogP contribution in [0.1, 0.15) is 10.7 Å². The molecule has 8 nitrogen and oxygen atoms in total. The molecule has 0 bridgehead atoms. The zero-order valence-corrected chi connectivity index (χ0v) is 17.0. The quantitative estimate of drug-likeness (QED) is 0.449. The molecule has 0 amide bonds. The van der Waals surface area contributed by atoms with E-state index in [4.69, 9.17) is 16.3 Å². The molecule has 29 heavy (non-hydrogen) atoms. The molecule has 4 aromatic rings. The topological polar surface area (TPSA) is 83.9 Å². The summed E-state index contributed by atoms with van der Waals surface area (Å²) in [6.45, 7) is 0.445. The van der Waals surface area contributed by atoms with Crippen LogP contribution in [0, 0.1) is 5.82 Å². The van der Waals surface area contributed by atoms with E-state index in [1.165, 1.54) is 46.7 Å². The lowest BCUT2D eigenvalue weighted by molar-refractivity contribution is 0.305. The van der Waals surface area contributed by atoms with Crippen molar-refractivity contribution < 1.29 is 9.13 Å². The van der Waals surface area contributed by atoms with Gasteiger partial charge in [0, 0.05) is 19.5 Å². The second-order valence-corrected chi connectivity index (χ2v) is 7.60. The zero-order valence-electron chi connectivity index (χ0n) is 15.4. The van der Waals surface area contributed by atoms with E-state index in [1.54, 1.807) is 12.1 Å². The third kappa shape index (κ3) is 3.56. The summed E-state index contributed by atoms with van der Waals surface area (Å²) in [5.41, 5.74) is 0.176. The molecule has 0 fully saturated rings. The number of imidazole rings is 1. The summed E-state index contributed by atoms with van der Waals surface area (Å²) in [7, 11) is 2.94. The normalized spacial score (nSPS) is 11.3. The smallest absolute Gasteiger partial charge is 0.332 e. The lowest BCUT2D eigenvalue weighted by atomic mass is 10.3. The first-order valence-corrected chi connectivity index (χ1v) is 9.74. The van der Waals surface area contributed by atoms with Gasteiger partial charge in [-0.25, -0.2) is 14.2 Å². The van der Waals surface area contributed by atoms with Gasteiger partial charge in [-0.3, -0.25) is 13.9 Å². The zero-order chi connectivity index (χ0) is 20.7. The molecule has 0 aliphatic carbocycles. The van der Waals surface area contributed by atoms with Crippen molar-refractivity contribution in [3.8, 4) is 5.75 Å². The van der Waals surface area contributed by atoms with Crippen LogP contribution in [0.25, 0.3) is 11.2 Å². The first-order valence-electron chi connectivity index (χ1n) is 8.48. The lowest BCUT2D eigenvalue weighted by Crippen LogP contribution is -2.37. The highest BCUT2D eigenvalue weighted by molar-refractivity contribution is 7.09. The molecular weight excluding hydrogens is 421 g/mol. The molecule has 0 aliphatic heterocycles. The highest BCUT2D eigenvalue weighted by Crippen LogP contribution is 2.20. The van der Waals surface area contributed by atoms with Gasteiger partial charge in [0.05, 0.1) is 12.2 Å². The minimum absolute atomic E-state index is 0.0930. The van der Waals surface area contributed by atoms with E-state index in [0.29, 0.717) is 16.5 Å². The molecule has 0 unspecified atom stereocenters. The summed E-state index contributed by atoms with van der Waals surface area (Å²) in [5, 5.41) is 2.64. The van der Waals surface area contributed by atoms with Crippen molar-refractivity contribution in [1.82, 2.24) is 23.7 Å². The number of aryl methyl sites for hydroxylation is 1. The second kappa shape index (κ2) is 7.45. The molecule has 0 radical (unpaired) electrons. The number of fused-ring (bicyclic) bond motifs is 1. The molecule has 4 rings (SSSR count). The number of rotatable bonds is 5. The monoisotopic (exact) mass is 435 g/mol. The Labute approximate surface area is 172 Å². The molecule has 0 saturated carbocycles. The third-order valence-electron chi connectivity index (χ3n) is 4.40. The Bertz CT molecular complexity index is 1320. The minimum atomic E-state index is -0.474. The molecule has 0 aliphatic rings. The van der Waals surface area contributed by atoms with Crippen molar-refractivity contribution in [1.29, 1.82) is 0 Å². The van der Waals surface area contributed by atoms with E-state index < -0.39 is 11.2 Å². The number of hydrogen-bond acceptors (Lipinski definition) is 6. The van der Waals surface area contributed by atoms with Crippen LogP contribution in [0.3, 0.4) is 0 Å². The number of nitrogens with zero attached hydrogens (tertiary/aromatic N) is 5. The average Bonchev–Trinajstić information content (AvgIpc) is 3.29. The molecule has 0 N–H and O–H groups in total. The lowest BCUT2D eigenvalue weighted by Gasteiger charge is -2.06. The Kier molecular flexibility index (Phi) is 4.97. The first kappa shape index (κ1) is 19.3. The van der Waals surface area contributed by atoms with Gasteiger partial charge in [0.1, 0.15) is 23.2 Å². The molecule has 150 valence electrons. The van der Waals surface area contributed by atoms with Gasteiger partial charge >= 0.3 is 5.69 Å². The Morgan fingerprint density at radius 2 is 1.86 bits per heavy atom. The molecule has 3 heterocycles. The van der Waals surface area contributed by atoms with Gasteiger partial charge in [-0.05, 0) is 35.9 Å². The maximum atomic E-state index is 13.0. The number of thiazole rings is 1. The molecule has 11 heteroatoms.